The molecule has 62 valence electrons. The minimum absolute atomic E-state index is 0.0178. The Labute approximate surface area is 68.8 Å². The van der Waals surface area contributed by atoms with Gasteiger partial charge in [0, 0.05) is 5.41 Å². The average molecular weight is 152 g/mol. The van der Waals surface area contributed by atoms with Crippen LogP contribution in [0, 0.1) is 17.3 Å². The summed E-state index contributed by atoms with van der Waals surface area (Å²) < 4.78 is 0. The van der Waals surface area contributed by atoms with Gasteiger partial charge in [0.05, 0.1) is 0 Å². The SMILES string of the molecule is CC#CC1(O)CCCC1(C)C. The van der Waals surface area contributed by atoms with Gasteiger partial charge in [0.2, 0.25) is 0 Å². The van der Waals surface area contributed by atoms with E-state index in [0.29, 0.717) is 0 Å². The molecule has 0 amide bonds. The molecule has 0 spiro atoms. The van der Waals surface area contributed by atoms with Crippen LogP contribution in [0.4, 0.5) is 0 Å². The molecule has 1 nitrogen and oxygen atoms in total. The Morgan fingerprint density at radius 1 is 1.27 bits per heavy atom. The first-order chi connectivity index (χ1) is 5.02. The van der Waals surface area contributed by atoms with Gasteiger partial charge < -0.3 is 5.11 Å². The summed E-state index contributed by atoms with van der Waals surface area (Å²) in [5, 5.41) is 10.0. The molecule has 1 atom stereocenters. The minimum atomic E-state index is -0.720. The van der Waals surface area contributed by atoms with Gasteiger partial charge in [-0.25, -0.2) is 0 Å². The third-order valence-electron chi connectivity index (χ3n) is 2.79. The maximum atomic E-state index is 10.0. The second kappa shape index (κ2) is 2.53. The van der Waals surface area contributed by atoms with Crippen molar-refractivity contribution in [2.45, 2.75) is 45.6 Å². The molecule has 1 unspecified atom stereocenters. The normalized spacial score (nSPS) is 34.5. The second-order valence-corrected chi connectivity index (χ2v) is 3.97. The number of hydrogen-bond acceptors (Lipinski definition) is 1. The minimum Gasteiger partial charge on any atom is -0.377 e. The molecule has 0 aromatic carbocycles. The van der Waals surface area contributed by atoms with Crippen LogP contribution < -0.4 is 0 Å². The molecular weight excluding hydrogens is 136 g/mol. The summed E-state index contributed by atoms with van der Waals surface area (Å²) in [7, 11) is 0. The lowest BCUT2D eigenvalue weighted by Crippen LogP contribution is -2.38. The molecule has 0 bridgehead atoms. The van der Waals surface area contributed by atoms with Crippen molar-refractivity contribution in [2.24, 2.45) is 5.41 Å². The van der Waals surface area contributed by atoms with E-state index >= 15 is 0 Å². The smallest absolute Gasteiger partial charge is 0.130 e. The van der Waals surface area contributed by atoms with E-state index in [4.69, 9.17) is 0 Å². The van der Waals surface area contributed by atoms with E-state index < -0.39 is 5.60 Å². The molecule has 0 heterocycles. The van der Waals surface area contributed by atoms with Gasteiger partial charge in [-0.2, -0.15) is 0 Å². The highest BCUT2D eigenvalue weighted by Gasteiger charge is 2.46. The monoisotopic (exact) mass is 152 g/mol. The van der Waals surface area contributed by atoms with Gasteiger partial charge in [-0.1, -0.05) is 19.8 Å². The second-order valence-electron chi connectivity index (χ2n) is 3.97. The average Bonchev–Trinajstić information content (AvgIpc) is 2.09. The molecule has 1 N–H and O–H groups in total. The van der Waals surface area contributed by atoms with Gasteiger partial charge in [0.15, 0.2) is 0 Å². The lowest BCUT2D eigenvalue weighted by atomic mass is 9.78. The van der Waals surface area contributed by atoms with Crippen LogP contribution in [0.15, 0.2) is 0 Å². The highest BCUT2D eigenvalue weighted by atomic mass is 16.3. The molecule has 0 radical (unpaired) electrons. The van der Waals surface area contributed by atoms with Crippen molar-refractivity contribution in [3.63, 3.8) is 0 Å². The van der Waals surface area contributed by atoms with Gasteiger partial charge in [-0.15, -0.1) is 5.92 Å². The Bertz CT molecular complexity index is 207. The topological polar surface area (TPSA) is 20.2 Å². The van der Waals surface area contributed by atoms with Gasteiger partial charge in [0.25, 0.3) is 0 Å². The van der Waals surface area contributed by atoms with Crippen molar-refractivity contribution >= 4 is 0 Å². The summed E-state index contributed by atoms with van der Waals surface area (Å²) in [6.07, 6.45) is 3.01. The summed E-state index contributed by atoms with van der Waals surface area (Å²) in [6.45, 7) is 5.96. The first-order valence-electron chi connectivity index (χ1n) is 4.18. The van der Waals surface area contributed by atoms with Crippen LogP contribution in [-0.4, -0.2) is 10.7 Å². The highest BCUT2D eigenvalue weighted by Crippen LogP contribution is 2.45. The summed E-state index contributed by atoms with van der Waals surface area (Å²) in [6, 6.07) is 0. The van der Waals surface area contributed by atoms with Gasteiger partial charge >= 0.3 is 0 Å². The molecule has 0 aromatic rings. The van der Waals surface area contributed by atoms with Crippen molar-refractivity contribution in [3.05, 3.63) is 0 Å². The maximum absolute atomic E-state index is 10.0. The van der Waals surface area contributed by atoms with E-state index in [2.05, 4.69) is 25.7 Å². The molecule has 0 saturated heterocycles. The summed E-state index contributed by atoms with van der Waals surface area (Å²) >= 11 is 0. The van der Waals surface area contributed by atoms with Gasteiger partial charge in [-0.05, 0) is 26.2 Å². The molecule has 11 heavy (non-hydrogen) atoms. The van der Waals surface area contributed by atoms with Crippen LogP contribution in [0.2, 0.25) is 0 Å². The van der Waals surface area contributed by atoms with Crippen molar-refractivity contribution in [2.75, 3.05) is 0 Å². The lowest BCUT2D eigenvalue weighted by Gasteiger charge is -2.31. The fourth-order valence-corrected chi connectivity index (χ4v) is 1.77. The Morgan fingerprint density at radius 2 is 1.91 bits per heavy atom. The molecule has 1 saturated carbocycles. The van der Waals surface area contributed by atoms with E-state index in [1.54, 1.807) is 6.92 Å². The fraction of sp³-hybridized carbons (Fsp3) is 0.800. The Hall–Kier alpha value is -0.480. The van der Waals surface area contributed by atoms with Crippen molar-refractivity contribution in [1.29, 1.82) is 0 Å². The molecular formula is C10H16O. The Morgan fingerprint density at radius 3 is 2.27 bits per heavy atom. The van der Waals surface area contributed by atoms with Crippen molar-refractivity contribution in [3.8, 4) is 11.8 Å². The van der Waals surface area contributed by atoms with Crippen LogP contribution >= 0.6 is 0 Å². The third-order valence-corrected chi connectivity index (χ3v) is 2.79. The number of aliphatic hydroxyl groups is 1. The van der Waals surface area contributed by atoms with Crippen LogP contribution in [0.5, 0.6) is 0 Å². The zero-order valence-corrected chi connectivity index (χ0v) is 7.57. The van der Waals surface area contributed by atoms with E-state index in [1.807, 2.05) is 0 Å². The van der Waals surface area contributed by atoms with Crippen LogP contribution in [0.1, 0.15) is 40.0 Å². The van der Waals surface area contributed by atoms with Gasteiger partial charge in [-0.3, -0.25) is 0 Å². The Kier molecular flexibility index (Phi) is 1.98. The third kappa shape index (κ3) is 1.28. The molecule has 1 heteroatoms. The van der Waals surface area contributed by atoms with E-state index in [9.17, 15) is 5.11 Å². The van der Waals surface area contributed by atoms with Crippen LogP contribution in [0.25, 0.3) is 0 Å². The summed E-state index contributed by atoms with van der Waals surface area (Å²) in [4.78, 5) is 0. The number of rotatable bonds is 0. The van der Waals surface area contributed by atoms with E-state index in [0.717, 1.165) is 19.3 Å². The lowest BCUT2D eigenvalue weighted by molar-refractivity contribution is 0.0119. The first kappa shape index (κ1) is 8.62. The van der Waals surface area contributed by atoms with Crippen LogP contribution in [0.3, 0.4) is 0 Å². The zero-order valence-electron chi connectivity index (χ0n) is 7.57. The zero-order chi connectivity index (χ0) is 8.54. The van der Waals surface area contributed by atoms with Crippen LogP contribution in [-0.2, 0) is 0 Å². The maximum Gasteiger partial charge on any atom is 0.130 e. The highest BCUT2D eigenvalue weighted by molar-refractivity contribution is 5.20. The Balaban J connectivity index is 2.90. The summed E-state index contributed by atoms with van der Waals surface area (Å²) in [5.41, 5.74) is -0.738. The number of hydrogen-bond donors (Lipinski definition) is 1. The van der Waals surface area contributed by atoms with E-state index in [1.165, 1.54) is 0 Å². The molecule has 1 fully saturated rings. The predicted molar refractivity (Wildman–Crippen MR) is 46.0 cm³/mol. The van der Waals surface area contributed by atoms with Crippen molar-refractivity contribution in [1.82, 2.24) is 0 Å². The fourth-order valence-electron chi connectivity index (χ4n) is 1.77. The van der Waals surface area contributed by atoms with Crippen molar-refractivity contribution < 1.29 is 5.11 Å². The summed E-state index contributed by atoms with van der Waals surface area (Å²) in [5.74, 6) is 5.72. The molecule has 0 aliphatic heterocycles. The molecule has 1 rings (SSSR count). The molecule has 1 aliphatic carbocycles. The predicted octanol–water partition coefficient (Wildman–Crippen LogP) is 1.95. The molecule has 0 aromatic heterocycles. The molecule has 1 aliphatic rings. The quantitative estimate of drug-likeness (QED) is 0.526. The standard InChI is InChI=1S/C10H16O/c1-4-6-10(11)8-5-7-9(10,2)3/h11H,5,7-8H2,1-3H3. The first-order valence-corrected chi connectivity index (χ1v) is 4.18. The largest absolute Gasteiger partial charge is 0.377 e. The van der Waals surface area contributed by atoms with Gasteiger partial charge in [0.1, 0.15) is 5.60 Å². The van der Waals surface area contributed by atoms with E-state index in [-0.39, 0.29) is 5.41 Å².